The normalized spacial score (nSPS) is 32.6. The van der Waals surface area contributed by atoms with Crippen molar-refractivity contribution in [1.29, 1.82) is 0 Å². The first-order valence-electron chi connectivity index (χ1n) is 7.36. The number of ether oxygens (including phenoxy) is 1. The van der Waals surface area contributed by atoms with Crippen molar-refractivity contribution in [2.24, 2.45) is 0 Å². The summed E-state index contributed by atoms with van der Waals surface area (Å²) >= 11 is 0. The minimum Gasteiger partial charge on any atom is -0.387 e. The summed E-state index contributed by atoms with van der Waals surface area (Å²) < 4.78 is 5.52. The minimum absolute atomic E-state index is 0.238. The zero-order valence-electron chi connectivity index (χ0n) is 11.6. The Morgan fingerprint density at radius 2 is 2.16 bits per heavy atom. The van der Waals surface area contributed by atoms with Gasteiger partial charge in [0.15, 0.2) is 0 Å². The van der Waals surface area contributed by atoms with Gasteiger partial charge in [-0.15, -0.1) is 0 Å². The Morgan fingerprint density at radius 3 is 3.00 bits per heavy atom. The monoisotopic (exact) mass is 261 g/mol. The van der Waals surface area contributed by atoms with E-state index in [1.165, 1.54) is 5.56 Å². The quantitative estimate of drug-likeness (QED) is 0.786. The highest BCUT2D eigenvalue weighted by molar-refractivity contribution is 5.31. The molecule has 1 aliphatic carbocycles. The van der Waals surface area contributed by atoms with Gasteiger partial charge in [0.1, 0.15) is 0 Å². The van der Waals surface area contributed by atoms with E-state index in [4.69, 9.17) is 4.74 Å². The third-order valence-electron chi connectivity index (χ3n) is 4.53. The highest BCUT2D eigenvalue weighted by atomic mass is 16.5. The molecule has 1 saturated heterocycles. The van der Waals surface area contributed by atoms with Crippen LogP contribution in [0.1, 0.15) is 37.0 Å². The largest absolute Gasteiger partial charge is 0.387 e. The molecule has 0 radical (unpaired) electrons. The average molecular weight is 261 g/mol. The van der Waals surface area contributed by atoms with Gasteiger partial charge in [-0.2, -0.15) is 0 Å². The molecule has 0 aromatic heterocycles. The van der Waals surface area contributed by atoms with Crippen LogP contribution in [0.2, 0.25) is 0 Å². The number of fused-ring (bicyclic) bond motifs is 1. The van der Waals surface area contributed by atoms with Gasteiger partial charge in [-0.05, 0) is 37.3 Å². The molecular weight excluding hydrogens is 238 g/mol. The van der Waals surface area contributed by atoms with E-state index in [2.05, 4.69) is 30.0 Å². The van der Waals surface area contributed by atoms with Gasteiger partial charge in [0.25, 0.3) is 0 Å². The summed E-state index contributed by atoms with van der Waals surface area (Å²) in [5.41, 5.74) is 2.45. The Balaban J connectivity index is 1.86. The van der Waals surface area contributed by atoms with Crippen molar-refractivity contribution in [1.82, 2.24) is 4.90 Å². The van der Waals surface area contributed by atoms with Gasteiger partial charge >= 0.3 is 0 Å². The van der Waals surface area contributed by atoms with Crippen LogP contribution >= 0.6 is 0 Å². The molecule has 3 nitrogen and oxygen atoms in total. The maximum Gasteiger partial charge on any atom is 0.0947 e. The van der Waals surface area contributed by atoms with Crippen LogP contribution in [-0.4, -0.2) is 41.8 Å². The molecule has 0 bridgehead atoms. The summed E-state index contributed by atoms with van der Waals surface area (Å²) in [6.45, 7) is 4.70. The maximum absolute atomic E-state index is 10.8. The molecule has 1 aromatic carbocycles. The van der Waals surface area contributed by atoms with E-state index >= 15 is 0 Å². The van der Waals surface area contributed by atoms with Crippen molar-refractivity contribution in [2.75, 3.05) is 19.8 Å². The Morgan fingerprint density at radius 1 is 1.32 bits per heavy atom. The van der Waals surface area contributed by atoms with Gasteiger partial charge in [-0.25, -0.2) is 0 Å². The van der Waals surface area contributed by atoms with Gasteiger partial charge in [0, 0.05) is 18.6 Å². The number of hydrogen-bond donors (Lipinski definition) is 1. The minimum atomic E-state index is -0.362. The fraction of sp³-hybridized carbons (Fsp3) is 0.625. The Hall–Kier alpha value is -0.900. The van der Waals surface area contributed by atoms with Crippen molar-refractivity contribution < 1.29 is 9.84 Å². The predicted octanol–water partition coefficient (Wildman–Crippen LogP) is 2.15. The van der Waals surface area contributed by atoms with Crippen molar-refractivity contribution >= 4 is 0 Å². The number of nitrogens with zero attached hydrogens (tertiary/aromatic N) is 1. The number of aliphatic hydroxyl groups excluding tert-OH is 1. The van der Waals surface area contributed by atoms with E-state index in [1.54, 1.807) is 0 Å². The standard InChI is InChI=1S/C16H23NO2/c1-12-11-19-10-9-17(12)15-8-4-6-13-5-2-3-7-14(13)16(15)18/h2-3,5,7,12,15-16,18H,4,6,8-11H2,1H3. The lowest BCUT2D eigenvalue weighted by molar-refractivity contribution is -0.0559. The summed E-state index contributed by atoms with van der Waals surface area (Å²) in [5.74, 6) is 0. The van der Waals surface area contributed by atoms with Crippen molar-refractivity contribution in [3.05, 3.63) is 35.4 Å². The molecular formula is C16H23NO2. The first kappa shape index (κ1) is 13.1. The van der Waals surface area contributed by atoms with Crippen molar-refractivity contribution in [3.8, 4) is 0 Å². The number of rotatable bonds is 1. The van der Waals surface area contributed by atoms with E-state index in [9.17, 15) is 5.11 Å². The molecule has 3 unspecified atom stereocenters. The Bertz CT molecular complexity index is 435. The SMILES string of the molecule is CC1COCCN1C1CCCc2ccccc2C1O. The topological polar surface area (TPSA) is 32.7 Å². The fourth-order valence-corrected chi connectivity index (χ4v) is 3.50. The molecule has 1 heterocycles. The Labute approximate surface area is 115 Å². The molecule has 19 heavy (non-hydrogen) atoms. The summed E-state index contributed by atoms with van der Waals surface area (Å²) in [6, 6.07) is 8.99. The van der Waals surface area contributed by atoms with Crippen LogP contribution in [0.3, 0.4) is 0 Å². The number of hydrogen-bond acceptors (Lipinski definition) is 3. The predicted molar refractivity (Wildman–Crippen MR) is 75.1 cm³/mol. The molecule has 1 fully saturated rings. The van der Waals surface area contributed by atoms with Gasteiger partial charge in [0.05, 0.1) is 19.3 Å². The molecule has 1 aliphatic heterocycles. The lowest BCUT2D eigenvalue weighted by atomic mass is 9.96. The molecule has 104 valence electrons. The molecule has 3 rings (SSSR count). The molecule has 1 aromatic rings. The second-order valence-electron chi connectivity index (χ2n) is 5.76. The third-order valence-corrected chi connectivity index (χ3v) is 4.53. The van der Waals surface area contributed by atoms with E-state index in [1.807, 2.05) is 6.07 Å². The van der Waals surface area contributed by atoms with Gasteiger partial charge in [-0.1, -0.05) is 24.3 Å². The fourth-order valence-electron chi connectivity index (χ4n) is 3.50. The maximum atomic E-state index is 10.8. The summed E-state index contributed by atoms with van der Waals surface area (Å²) in [4.78, 5) is 2.44. The lowest BCUT2D eigenvalue weighted by Gasteiger charge is -2.41. The molecule has 3 atom stereocenters. The third kappa shape index (κ3) is 2.55. The van der Waals surface area contributed by atoms with Crippen LogP contribution < -0.4 is 0 Å². The molecule has 3 heteroatoms. The zero-order valence-corrected chi connectivity index (χ0v) is 11.6. The van der Waals surface area contributed by atoms with Crippen LogP contribution in [0.4, 0.5) is 0 Å². The van der Waals surface area contributed by atoms with Gasteiger partial charge in [0.2, 0.25) is 0 Å². The van der Waals surface area contributed by atoms with Crippen LogP contribution in [0.5, 0.6) is 0 Å². The zero-order chi connectivity index (χ0) is 13.2. The second kappa shape index (κ2) is 5.61. The number of benzene rings is 1. The molecule has 1 N–H and O–H groups in total. The van der Waals surface area contributed by atoms with Gasteiger partial charge in [-0.3, -0.25) is 4.90 Å². The highest BCUT2D eigenvalue weighted by Crippen LogP contribution is 2.33. The Kier molecular flexibility index (Phi) is 3.87. The smallest absolute Gasteiger partial charge is 0.0947 e. The highest BCUT2D eigenvalue weighted by Gasteiger charge is 2.34. The molecule has 2 aliphatic rings. The molecule has 0 amide bonds. The van der Waals surface area contributed by atoms with Crippen LogP contribution in [0.25, 0.3) is 0 Å². The molecule has 0 spiro atoms. The summed E-state index contributed by atoms with van der Waals surface area (Å²) in [7, 11) is 0. The van der Waals surface area contributed by atoms with Crippen LogP contribution in [0, 0.1) is 0 Å². The van der Waals surface area contributed by atoms with Crippen LogP contribution in [0.15, 0.2) is 24.3 Å². The number of aliphatic hydroxyl groups is 1. The first-order chi connectivity index (χ1) is 9.27. The summed E-state index contributed by atoms with van der Waals surface area (Å²) in [5, 5.41) is 10.8. The van der Waals surface area contributed by atoms with E-state index in [0.29, 0.717) is 6.04 Å². The van der Waals surface area contributed by atoms with Crippen LogP contribution in [-0.2, 0) is 11.2 Å². The van der Waals surface area contributed by atoms with E-state index < -0.39 is 0 Å². The van der Waals surface area contributed by atoms with Crippen molar-refractivity contribution in [3.63, 3.8) is 0 Å². The lowest BCUT2D eigenvalue weighted by Crippen LogP contribution is -2.51. The summed E-state index contributed by atoms with van der Waals surface area (Å²) in [6.07, 6.45) is 2.95. The average Bonchev–Trinajstić information content (AvgIpc) is 2.60. The van der Waals surface area contributed by atoms with Gasteiger partial charge < -0.3 is 9.84 Å². The number of aryl methyl sites for hydroxylation is 1. The van der Waals surface area contributed by atoms with E-state index in [0.717, 1.165) is 44.6 Å². The van der Waals surface area contributed by atoms with Crippen molar-refractivity contribution in [2.45, 2.75) is 44.4 Å². The molecule has 0 saturated carbocycles. The second-order valence-corrected chi connectivity index (χ2v) is 5.76. The van der Waals surface area contributed by atoms with E-state index in [-0.39, 0.29) is 12.1 Å². The number of morpholine rings is 1. The first-order valence-corrected chi connectivity index (χ1v) is 7.36.